The van der Waals surface area contributed by atoms with Gasteiger partial charge < -0.3 is 4.74 Å². The van der Waals surface area contributed by atoms with Crippen LogP contribution in [0.2, 0.25) is 0 Å². The predicted molar refractivity (Wildman–Crippen MR) is 58.3 cm³/mol. The van der Waals surface area contributed by atoms with Crippen molar-refractivity contribution in [2.24, 2.45) is 0 Å². The summed E-state index contributed by atoms with van der Waals surface area (Å²) in [5.74, 6) is 1.46. The Morgan fingerprint density at radius 2 is 2.12 bits per heavy atom. The number of hydrogen-bond acceptors (Lipinski definition) is 3. The molecular weight excluding hydrogens is 200 g/mol. The summed E-state index contributed by atoms with van der Waals surface area (Å²) in [5.41, 5.74) is 2.67. The van der Waals surface area contributed by atoms with Crippen molar-refractivity contribution in [1.82, 2.24) is 4.98 Å². The Hall–Kier alpha value is -2.34. The molecule has 0 atom stereocenters. The van der Waals surface area contributed by atoms with E-state index in [-0.39, 0.29) is 0 Å². The second-order valence-corrected chi connectivity index (χ2v) is 3.69. The molecule has 0 radical (unpaired) electrons. The fraction of sp³-hybridized carbons (Fsp3) is 0.0769. The molecule has 2 heterocycles. The van der Waals surface area contributed by atoms with Gasteiger partial charge in [-0.25, -0.2) is 4.98 Å². The maximum absolute atomic E-state index is 8.80. The van der Waals surface area contributed by atoms with Gasteiger partial charge in [0.05, 0.1) is 5.56 Å². The van der Waals surface area contributed by atoms with Gasteiger partial charge in [-0.3, -0.25) is 0 Å². The molecular formula is C13H8N2O. The first-order valence-corrected chi connectivity index (χ1v) is 5.01. The van der Waals surface area contributed by atoms with Crippen LogP contribution in [-0.4, -0.2) is 4.98 Å². The van der Waals surface area contributed by atoms with E-state index in [2.05, 4.69) is 11.1 Å². The van der Waals surface area contributed by atoms with Gasteiger partial charge in [0.2, 0.25) is 5.88 Å². The molecule has 3 nitrogen and oxygen atoms in total. The van der Waals surface area contributed by atoms with E-state index in [1.807, 2.05) is 30.3 Å². The highest BCUT2D eigenvalue weighted by atomic mass is 16.5. The molecule has 0 unspecified atom stereocenters. The van der Waals surface area contributed by atoms with Crippen molar-refractivity contribution in [2.75, 3.05) is 0 Å². The van der Waals surface area contributed by atoms with Crippen LogP contribution < -0.4 is 4.74 Å². The standard InChI is InChI=1S/C13H8N2O/c14-7-9-5-11-6-10-3-1-2-4-12(10)16-13(11)15-8-9/h1-5,8H,6H2. The van der Waals surface area contributed by atoms with Crippen LogP contribution in [0.3, 0.4) is 0 Å². The van der Waals surface area contributed by atoms with Crippen LogP contribution in [0, 0.1) is 11.3 Å². The van der Waals surface area contributed by atoms with Crippen molar-refractivity contribution in [3.63, 3.8) is 0 Å². The summed E-state index contributed by atoms with van der Waals surface area (Å²) in [7, 11) is 0. The van der Waals surface area contributed by atoms with Crippen molar-refractivity contribution >= 4 is 0 Å². The first-order valence-electron chi connectivity index (χ1n) is 5.01. The molecule has 0 aliphatic carbocycles. The second kappa shape index (κ2) is 3.35. The maximum Gasteiger partial charge on any atom is 0.222 e. The number of pyridine rings is 1. The largest absolute Gasteiger partial charge is 0.438 e. The Kier molecular flexibility index (Phi) is 1.87. The molecule has 1 aromatic carbocycles. The van der Waals surface area contributed by atoms with Crippen LogP contribution in [0.25, 0.3) is 0 Å². The number of rotatable bonds is 0. The zero-order chi connectivity index (χ0) is 11.0. The normalized spacial score (nSPS) is 11.9. The average Bonchev–Trinajstić information content (AvgIpc) is 2.35. The molecule has 0 saturated carbocycles. The summed E-state index contributed by atoms with van der Waals surface area (Å²) < 4.78 is 5.66. The average molecular weight is 208 g/mol. The monoisotopic (exact) mass is 208 g/mol. The number of nitrogens with zero attached hydrogens (tertiary/aromatic N) is 2. The molecule has 3 heteroatoms. The van der Waals surface area contributed by atoms with Crippen molar-refractivity contribution in [3.05, 3.63) is 53.2 Å². The highest BCUT2D eigenvalue weighted by Crippen LogP contribution is 2.34. The zero-order valence-electron chi connectivity index (χ0n) is 8.47. The van der Waals surface area contributed by atoms with Crippen molar-refractivity contribution in [2.45, 2.75) is 6.42 Å². The van der Waals surface area contributed by atoms with Gasteiger partial charge in [-0.1, -0.05) is 18.2 Å². The topological polar surface area (TPSA) is 45.9 Å². The van der Waals surface area contributed by atoms with E-state index in [0.29, 0.717) is 11.4 Å². The van der Waals surface area contributed by atoms with Gasteiger partial charge in [-0.2, -0.15) is 5.26 Å². The Morgan fingerprint density at radius 3 is 3.00 bits per heavy atom. The van der Waals surface area contributed by atoms with Gasteiger partial charge in [-0.15, -0.1) is 0 Å². The minimum atomic E-state index is 0.571. The lowest BCUT2D eigenvalue weighted by Gasteiger charge is -2.18. The van der Waals surface area contributed by atoms with E-state index in [0.717, 1.165) is 23.3 Å². The van der Waals surface area contributed by atoms with Gasteiger partial charge >= 0.3 is 0 Å². The summed E-state index contributed by atoms with van der Waals surface area (Å²) in [5, 5.41) is 8.80. The van der Waals surface area contributed by atoms with Gasteiger partial charge in [-0.05, 0) is 17.7 Å². The van der Waals surface area contributed by atoms with Crippen LogP contribution in [0.5, 0.6) is 11.6 Å². The van der Waals surface area contributed by atoms with E-state index in [1.165, 1.54) is 6.20 Å². The van der Waals surface area contributed by atoms with Crippen molar-refractivity contribution < 1.29 is 4.74 Å². The predicted octanol–water partition coefficient (Wildman–Crippen LogP) is 2.65. The lowest BCUT2D eigenvalue weighted by Crippen LogP contribution is -2.04. The summed E-state index contributed by atoms with van der Waals surface area (Å²) in [6.45, 7) is 0. The maximum atomic E-state index is 8.80. The Morgan fingerprint density at radius 1 is 1.25 bits per heavy atom. The molecule has 0 amide bonds. The Bertz CT molecular complexity index is 599. The summed E-state index contributed by atoms with van der Waals surface area (Å²) in [6.07, 6.45) is 2.31. The van der Waals surface area contributed by atoms with Crippen LogP contribution in [0.15, 0.2) is 36.5 Å². The lowest BCUT2D eigenvalue weighted by atomic mass is 10.0. The van der Waals surface area contributed by atoms with E-state index < -0.39 is 0 Å². The number of benzene rings is 1. The quantitative estimate of drug-likeness (QED) is 0.570. The minimum Gasteiger partial charge on any atom is -0.438 e. The van der Waals surface area contributed by atoms with Crippen molar-refractivity contribution in [3.8, 4) is 17.7 Å². The van der Waals surface area contributed by atoms with Crippen LogP contribution in [-0.2, 0) is 6.42 Å². The lowest BCUT2D eigenvalue weighted by molar-refractivity contribution is 0.440. The smallest absolute Gasteiger partial charge is 0.222 e. The number of nitriles is 1. The fourth-order valence-electron chi connectivity index (χ4n) is 1.84. The number of ether oxygens (including phenoxy) is 1. The summed E-state index contributed by atoms with van der Waals surface area (Å²) in [6, 6.07) is 11.8. The molecule has 0 bridgehead atoms. The molecule has 0 fully saturated rings. The Labute approximate surface area is 92.9 Å². The third-order valence-corrected chi connectivity index (χ3v) is 2.61. The number of hydrogen-bond donors (Lipinski definition) is 0. The molecule has 1 aromatic heterocycles. The van der Waals surface area contributed by atoms with Gasteiger partial charge in [0.25, 0.3) is 0 Å². The summed E-state index contributed by atoms with van der Waals surface area (Å²) in [4.78, 5) is 4.14. The SMILES string of the molecule is N#Cc1cnc2c(c1)Cc1ccccc1O2. The Balaban J connectivity index is 2.09. The molecule has 1 aliphatic rings. The molecule has 0 saturated heterocycles. The molecule has 16 heavy (non-hydrogen) atoms. The molecule has 0 N–H and O–H groups in total. The molecule has 0 spiro atoms. The highest BCUT2D eigenvalue weighted by molar-refractivity contribution is 5.48. The zero-order valence-corrected chi connectivity index (χ0v) is 8.47. The van der Waals surface area contributed by atoms with Gasteiger partial charge in [0.15, 0.2) is 0 Å². The van der Waals surface area contributed by atoms with Crippen LogP contribution in [0.4, 0.5) is 0 Å². The van der Waals surface area contributed by atoms with Crippen LogP contribution in [0.1, 0.15) is 16.7 Å². The molecule has 1 aliphatic heterocycles. The highest BCUT2D eigenvalue weighted by Gasteiger charge is 2.17. The molecule has 3 rings (SSSR count). The number of aromatic nitrogens is 1. The van der Waals surface area contributed by atoms with E-state index in [1.54, 1.807) is 0 Å². The number of para-hydroxylation sites is 1. The van der Waals surface area contributed by atoms with Crippen LogP contribution >= 0.6 is 0 Å². The number of fused-ring (bicyclic) bond motifs is 2. The van der Waals surface area contributed by atoms with E-state index in [9.17, 15) is 0 Å². The van der Waals surface area contributed by atoms with Gasteiger partial charge in [0, 0.05) is 18.2 Å². The third-order valence-electron chi connectivity index (χ3n) is 2.61. The molecule has 76 valence electrons. The van der Waals surface area contributed by atoms with E-state index >= 15 is 0 Å². The first-order chi connectivity index (χ1) is 7.86. The van der Waals surface area contributed by atoms with Gasteiger partial charge in [0.1, 0.15) is 11.8 Å². The fourth-order valence-corrected chi connectivity index (χ4v) is 1.84. The first kappa shape index (κ1) is 8.93. The molecule has 2 aromatic rings. The second-order valence-electron chi connectivity index (χ2n) is 3.69. The third kappa shape index (κ3) is 1.32. The van der Waals surface area contributed by atoms with Crippen molar-refractivity contribution in [1.29, 1.82) is 5.26 Å². The minimum absolute atomic E-state index is 0.571. The van der Waals surface area contributed by atoms with E-state index in [4.69, 9.17) is 10.00 Å². The summed E-state index contributed by atoms with van der Waals surface area (Å²) >= 11 is 0.